The molecular weight excluding hydrogens is 182 g/mol. The molecule has 0 unspecified atom stereocenters. The van der Waals surface area contributed by atoms with Crippen LogP contribution in [0.5, 0.6) is 0 Å². The summed E-state index contributed by atoms with van der Waals surface area (Å²) in [6.45, 7) is 1.76. The molecule has 0 saturated carbocycles. The van der Waals surface area contributed by atoms with Crippen LogP contribution in [0.3, 0.4) is 0 Å². The molecule has 72 valence electrons. The fourth-order valence-corrected chi connectivity index (χ4v) is 1.10. The Bertz CT molecular complexity index is 396. The molecule has 0 heterocycles. The summed E-state index contributed by atoms with van der Waals surface area (Å²) in [5.41, 5.74) is 1.64. The van der Waals surface area contributed by atoms with E-state index in [-0.39, 0.29) is 5.69 Å². The molecule has 1 aromatic carbocycles. The minimum atomic E-state index is -0.444. The van der Waals surface area contributed by atoms with Crippen LogP contribution in [0.25, 0.3) is 6.08 Å². The number of aldehydes is 1. The van der Waals surface area contributed by atoms with Crippen molar-refractivity contribution < 1.29 is 9.72 Å². The SMILES string of the molecule is Cc1cc([N+](=O)[O-])ccc1C=CC=O. The van der Waals surface area contributed by atoms with Gasteiger partial charge in [-0.15, -0.1) is 0 Å². The predicted octanol–water partition coefficient (Wildman–Crippen LogP) is 2.12. The van der Waals surface area contributed by atoms with E-state index in [9.17, 15) is 14.9 Å². The number of nitro benzene ring substituents is 1. The molecule has 0 saturated heterocycles. The third kappa shape index (κ3) is 2.26. The number of hydrogen-bond acceptors (Lipinski definition) is 3. The zero-order valence-electron chi connectivity index (χ0n) is 7.64. The highest BCUT2D eigenvalue weighted by Crippen LogP contribution is 2.17. The number of aryl methyl sites for hydroxylation is 1. The largest absolute Gasteiger partial charge is 0.299 e. The van der Waals surface area contributed by atoms with Crippen LogP contribution in [0.15, 0.2) is 24.3 Å². The van der Waals surface area contributed by atoms with Gasteiger partial charge in [-0.05, 0) is 30.2 Å². The van der Waals surface area contributed by atoms with E-state index in [4.69, 9.17) is 0 Å². The molecule has 14 heavy (non-hydrogen) atoms. The third-order valence-corrected chi connectivity index (χ3v) is 1.82. The first-order chi connectivity index (χ1) is 6.65. The summed E-state index contributed by atoms with van der Waals surface area (Å²) in [5.74, 6) is 0. The average Bonchev–Trinajstić information content (AvgIpc) is 2.15. The van der Waals surface area contributed by atoms with E-state index in [0.29, 0.717) is 6.29 Å². The molecule has 4 heteroatoms. The quantitative estimate of drug-likeness (QED) is 0.318. The van der Waals surface area contributed by atoms with E-state index in [1.807, 2.05) is 0 Å². The zero-order chi connectivity index (χ0) is 10.6. The van der Waals surface area contributed by atoms with Gasteiger partial charge in [0.2, 0.25) is 0 Å². The van der Waals surface area contributed by atoms with Gasteiger partial charge in [0.1, 0.15) is 6.29 Å². The van der Waals surface area contributed by atoms with E-state index in [2.05, 4.69) is 0 Å². The van der Waals surface area contributed by atoms with Crippen LogP contribution in [-0.2, 0) is 4.79 Å². The highest BCUT2D eigenvalue weighted by atomic mass is 16.6. The molecule has 0 aliphatic rings. The van der Waals surface area contributed by atoms with Crippen molar-refractivity contribution >= 4 is 18.0 Å². The van der Waals surface area contributed by atoms with Gasteiger partial charge in [-0.1, -0.05) is 6.08 Å². The maximum absolute atomic E-state index is 10.4. The van der Waals surface area contributed by atoms with Crippen LogP contribution in [0.4, 0.5) is 5.69 Å². The summed E-state index contributed by atoms with van der Waals surface area (Å²) < 4.78 is 0. The molecule has 0 N–H and O–H groups in total. The molecule has 0 aromatic heterocycles. The van der Waals surface area contributed by atoms with Gasteiger partial charge in [-0.25, -0.2) is 0 Å². The number of carbonyl (C=O) groups is 1. The molecule has 0 aliphatic carbocycles. The molecule has 0 bridgehead atoms. The molecular formula is C10H9NO3. The molecule has 0 aliphatic heterocycles. The normalized spacial score (nSPS) is 10.4. The van der Waals surface area contributed by atoms with Crippen molar-refractivity contribution in [2.45, 2.75) is 6.92 Å². The lowest BCUT2D eigenvalue weighted by molar-refractivity contribution is -0.384. The Morgan fingerprint density at radius 1 is 1.43 bits per heavy atom. The van der Waals surface area contributed by atoms with Crippen LogP contribution in [0.2, 0.25) is 0 Å². The van der Waals surface area contributed by atoms with E-state index in [1.165, 1.54) is 18.2 Å². The summed E-state index contributed by atoms with van der Waals surface area (Å²) in [6, 6.07) is 4.51. The van der Waals surface area contributed by atoms with Gasteiger partial charge in [-0.2, -0.15) is 0 Å². The van der Waals surface area contributed by atoms with Crippen LogP contribution >= 0.6 is 0 Å². The molecule has 0 fully saturated rings. The Morgan fingerprint density at radius 3 is 2.64 bits per heavy atom. The first kappa shape index (κ1) is 10.1. The maximum atomic E-state index is 10.4. The number of nitro groups is 1. The fraction of sp³-hybridized carbons (Fsp3) is 0.100. The molecule has 0 amide bonds. The van der Waals surface area contributed by atoms with Crippen LogP contribution in [-0.4, -0.2) is 11.2 Å². The van der Waals surface area contributed by atoms with Crippen molar-refractivity contribution in [3.8, 4) is 0 Å². The Labute approximate surface area is 81.0 Å². The van der Waals surface area contributed by atoms with Gasteiger partial charge >= 0.3 is 0 Å². The molecule has 0 atom stereocenters. The number of benzene rings is 1. The fourth-order valence-electron chi connectivity index (χ4n) is 1.10. The number of rotatable bonds is 3. The Kier molecular flexibility index (Phi) is 3.12. The smallest absolute Gasteiger partial charge is 0.269 e. The number of nitrogens with zero attached hydrogens (tertiary/aromatic N) is 1. The van der Waals surface area contributed by atoms with Gasteiger partial charge in [0.05, 0.1) is 4.92 Å². The Balaban J connectivity index is 3.07. The minimum absolute atomic E-state index is 0.0609. The molecule has 4 nitrogen and oxygen atoms in total. The van der Waals surface area contributed by atoms with E-state index >= 15 is 0 Å². The number of hydrogen-bond donors (Lipinski definition) is 0. The number of allylic oxidation sites excluding steroid dienone is 1. The molecule has 1 rings (SSSR count). The van der Waals surface area contributed by atoms with Crippen molar-refractivity contribution in [2.24, 2.45) is 0 Å². The first-order valence-electron chi connectivity index (χ1n) is 4.02. The molecule has 0 spiro atoms. The maximum Gasteiger partial charge on any atom is 0.269 e. The van der Waals surface area contributed by atoms with Crippen molar-refractivity contribution in [3.63, 3.8) is 0 Å². The second-order valence-corrected chi connectivity index (χ2v) is 2.79. The van der Waals surface area contributed by atoms with Crippen molar-refractivity contribution in [1.29, 1.82) is 0 Å². The third-order valence-electron chi connectivity index (χ3n) is 1.82. The second-order valence-electron chi connectivity index (χ2n) is 2.79. The summed E-state index contributed by atoms with van der Waals surface area (Å²) in [7, 11) is 0. The lowest BCUT2D eigenvalue weighted by Crippen LogP contribution is -1.89. The summed E-state index contributed by atoms with van der Waals surface area (Å²) >= 11 is 0. The van der Waals surface area contributed by atoms with Gasteiger partial charge in [0.25, 0.3) is 5.69 Å². The lowest BCUT2D eigenvalue weighted by Gasteiger charge is -1.98. The molecule has 1 aromatic rings. The highest BCUT2D eigenvalue weighted by molar-refractivity contribution is 5.74. The number of carbonyl (C=O) groups excluding carboxylic acids is 1. The zero-order valence-corrected chi connectivity index (χ0v) is 7.64. The number of non-ortho nitro benzene ring substituents is 1. The topological polar surface area (TPSA) is 60.2 Å². The van der Waals surface area contributed by atoms with Gasteiger partial charge in [0.15, 0.2) is 0 Å². The highest BCUT2D eigenvalue weighted by Gasteiger charge is 2.05. The minimum Gasteiger partial charge on any atom is -0.299 e. The first-order valence-corrected chi connectivity index (χ1v) is 4.02. The lowest BCUT2D eigenvalue weighted by atomic mass is 10.1. The van der Waals surface area contributed by atoms with Crippen molar-refractivity contribution in [2.75, 3.05) is 0 Å². The van der Waals surface area contributed by atoms with Gasteiger partial charge in [-0.3, -0.25) is 14.9 Å². The Hall–Kier alpha value is -1.97. The molecule has 0 radical (unpaired) electrons. The van der Waals surface area contributed by atoms with Crippen molar-refractivity contribution in [3.05, 3.63) is 45.5 Å². The van der Waals surface area contributed by atoms with E-state index < -0.39 is 4.92 Å². The van der Waals surface area contributed by atoms with Crippen LogP contribution in [0, 0.1) is 17.0 Å². The van der Waals surface area contributed by atoms with E-state index in [1.54, 1.807) is 19.1 Å². The predicted molar refractivity (Wildman–Crippen MR) is 52.9 cm³/mol. The summed E-state index contributed by atoms with van der Waals surface area (Å²) in [4.78, 5) is 20.0. The van der Waals surface area contributed by atoms with Gasteiger partial charge < -0.3 is 0 Å². The Morgan fingerprint density at radius 2 is 2.14 bits per heavy atom. The average molecular weight is 191 g/mol. The van der Waals surface area contributed by atoms with E-state index in [0.717, 1.165) is 11.1 Å². The van der Waals surface area contributed by atoms with Gasteiger partial charge in [0, 0.05) is 12.1 Å². The summed E-state index contributed by atoms with van der Waals surface area (Å²) in [5, 5.41) is 10.4. The van der Waals surface area contributed by atoms with Crippen LogP contribution < -0.4 is 0 Å². The van der Waals surface area contributed by atoms with Crippen molar-refractivity contribution in [1.82, 2.24) is 0 Å². The standard InChI is InChI=1S/C10H9NO3/c1-8-7-10(11(13)14)5-4-9(8)3-2-6-12/h2-7H,1H3. The monoisotopic (exact) mass is 191 g/mol. The second kappa shape index (κ2) is 4.32. The van der Waals surface area contributed by atoms with Crippen LogP contribution in [0.1, 0.15) is 11.1 Å². The summed E-state index contributed by atoms with van der Waals surface area (Å²) in [6.07, 6.45) is 3.64.